The zero-order chi connectivity index (χ0) is 23.9. The Morgan fingerprint density at radius 1 is 1.00 bits per heavy atom. The first-order valence-corrected chi connectivity index (χ1v) is 12.4. The molecule has 0 saturated carbocycles. The number of fused-ring (bicyclic) bond motifs is 1. The van der Waals surface area contributed by atoms with Crippen molar-refractivity contribution in [2.24, 2.45) is 0 Å². The van der Waals surface area contributed by atoms with Crippen molar-refractivity contribution in [1.29, 1.82) is 0 Å². The van der Waals surface area contributed by atoms with Crippen LogP contribution in [0.25, 0.3) is 16.9 Å². The van der Waals surface area contributed by atoms with E-state index in [2.05, 4.69) is 20.3 Å². The van der Waals surface area contributed by atoms with Crippen LogP contribution in [0, 0.1) is 6.92 Å². The standard InChI is InChI=1S/C22H22ClN7O3S/c1-15-13-18(7-8-19(15)33-2)34(31,32)29-11-9-28(10-12-29)21-20-22(25-14-24-21)30(27-26-20)17-5-3-16(23)4-6-17/h3-8,13-14H,9-12H2,1-2H3. The van der Waals surface area contributed by atoms with Crippen LogP contribution in [0.2, 0.25) is 5.02 Å². The van der Waals surface area contributed by atoms with E-state index in [1.165, 1.54) is 10.6 Å². The number of aromatic nitrogens is 5. The molecular weight excluding hydrogens is 478 g/mol. The van der Waals surface area contributed by atoms with E-state index in [4.69, 9.17) is 16.3 Å². The molecule has 0 bridgehead atoms. The molecule has 34 heavy (non-hydrogen) atoms. The predicted octanol–water partition coefficient (Wildman–Crippen LogP) is 2.69. The molecule has 1 fully saturated rings. The molecule has 1 aliphatic rings. The zero-order valence-corrected chi connectivity index (χ0v) is 20.2. The number of benzene rings is 2. The van der Waals surface area contributed by atoms with Crippen LogP contribution < -0.4 is 9.64 Å². The largest absolute Gasteiger partial charge is 0.496 e. The highest BCUT2D eigenvalue weighted by Gasteiger charge is 2.30. The molecule has 10 nitrogen and oxygen atoms in total. The van der Waals surface area contributed by atoms with Crippen LogP contribution in [0.3, 0.4) is 0 Å². The lowest BCUT2D eigenvalue weighted by atomic mass is 10.2. The molecule has 176 valence electrons. The number of halogens is 1. The van der Waals surface area contributed by atoms with Gasteiger partial charge in [0.2, 0.25) is 10.0 Å². The molecule has 0 N–H and O–H groups in total. The Morgan fingerprint density at radius 2 is 1.74 bits per heavy atom. The van der Waals surface area contributed by atoms with E-state index in [9.17, 15) is 8.42 Å². The minimum atomic E-state index is -3.62. The molecule has 0 spiro atoms. The topological polar surface area (TPSA) is 106 Å². The van der Waals surface area contributed by atoms with Gasteiger partial charge in [-0.15, -0.1) is 5.10 Å². The van der Waals surface area contributed by atoms with Crippen molar-refractivity contribution in [3.05, 3.63) is 59.4 Å². The molecule has 2 aromatic heterocycles. The van der Waals surface area contributed by atoms with Crippen LogP contribution in [0.1, 0.15) is 5.56 Å². The molecular formula is C22H22ClN7O3S. The molecule has 5 rings (SSSR count). The summed E-state index contributed by atoms with van der Waals surface area (Å²) in [5.74, 6) is 1.28. The lowest BCUT2D eigenvalue weighted by molar-refractivity contribution is 0.383. The Balaban J connectivity index is 1.37. The van der Waals surface area contributed by atoms with E-state index < -0.39 is 10.0 Å². The van der Waals surface area contributed by atoms with E-state index >= 15 is 0 Å². The van der Waals surface area contributed by atoms with Gasteiger partial charge in [-0.1, -0.05) is 16.8 Å². The molecule has 2 aromatic carbocycles. The molecule has 4 aromatic rings. The fourth-order valence-corrected chi connectivity index (χ4v) is 5.66. The highest BCUT2D eigenvalue weighted by atomic mass is 35.5. The third-order valence-corrected chi connectivity index (χ3v) is 7.98. The molecule has 1 saturated heterocycles. The van der Waals surface area contributed by atoms with Gasteiger partial charge in [0, 0.05) is 31.2 Å². The first-order chi connectivity index (χ1) is 16.4. The van der Waals surface area contributed by atoms with Crippen LogP contribution in [0.4, 0.5) is 5.82 Å². The molecule has 3 heterocycles. The van der Waals surface area contributed by atoms with Crippen molar-refractivity contribution in [2.75, 3.05) is 38.2 Å². The normalized spacial score (nSPS) is 15.1. The van der Waals surface area contributed by atoms with Gasteiger partial charge in [-0.3, -0.25) is 0 Å². The number of sulfonamides is 1. The number of hydrogen-bond donors (Lipinski definition) is 0. The van der Waals surface area contributed by atoms with Crippen LogP contribution in [-0.4, -0.2) is 71.0 Å². The minimum absolute atomic E-state index is 0.259. The van der Waals surface area contributed by atoms with Gasteiger partial charge in [0.1, 0.15) is 12.1 Å². The summed E-state index contributed by atoms with van der Waals surface area (Å²) in [7, 11) is -2.05. The summed E-state index contributed by atoms with van der Waals surface area (Å²) in [5, 5.41) is 9.17. The summed E-state index contributed by atoms with van der Waals surface area (Å²) < 4.78 is 34.7. The highest BCUT2D eigenvalue weighted by Crippen LogP contribution is 2.27. The lowest BCUT2D eigenvalue weighted by Gasteiger charge is -2.34. The lowest BCUT2D eigenvalue weighted by Crippen LogP contribution is -2.49. The van der Waals surface area contributed by atoms with Crippen molar-refractivity contribution >= 4 is 38.6 Å². The quantitative estimate of drug-likeness (QED) is 0.412. The second-order valence-electron chi connectivity index (χ2n) is 7.87. The highest BCUT2D eigenvalue weighted by molar-refractivity contribution is 7.89. The first kappa shape index (κ1) is 22.5. The Morgan fingerprint density at radius 3 is 2.41 bits per heavy atom. The number of anilines is 1. The van der Waals surface area contributed by atoms with Crippen molar-refractivity contribution in [3.8, 4) is 11.4 Å². The van der Waals surface area contributed by atoms with Gasteiger partial charge in [0.05, 0.1) is 17.7 Å². The van der Waals surface area contributed by atoms with Gasteiger partial charge in [0.25, 0.3) is 0 Å². The molecule has 0 atom stereocenters. The summed E-state index contributed by atoms with van der Waals surface area (Å²) in [6.07, 6.45) is 1.47. The van der Waals surface area contributed by atoms with Crippen LogP contribution in [0.15, 0.2) is 53.7 Å². The van der Waals surface area contributed by atoms with E-state index in [0.717, 1.165) is 11.3 Å². The minimum Gasteiger partial charge on any atom is -0.496 e. The number of ether oxygens (including phenoxy) is 1. The van der Waals surface area contributed by atoms with Gasteiger partial charge in [-0.05, 0) is 55.0 Å². The molecule has 0 aliphatic carbocycles. The van der Waals surface area contributed by atoms with Crippen molar-refractivity contribution in [2.45, 2.75) is 11.8 Å². The van der Waals surface area contributed by atoms with Gasteiger partial charge >= 0.3 is 0 Å². The average molecular weight is 500 g/mol. The molecule has 12 heteroatoms. The van der Waals surface area contributed by atoms with E-state index in [1.807, 2.05) is 24.0 Å². The summed E-state index contributed by atoms with van der Waals surface area (Å²) in [6.45, 7) is 3.41. The average Bonchev–Trinajstić information content (AvgIpc) is 3.29. The molecule has 0 amide bonds. The first-order valence-electron chi connectivity index (χ1n) is 10.6. The molecule has 0 radical (unpaired) electrons. The number of methoxy groups -OCH3 is 1. The van der Waals surface area contributed by atoms with Gasteiger partial charge in [-0.2, -0.15) is 8.99 Å². The van der Waals surface area contributed by atoms with Gasteiger partial charge < -0.3 is 9.64 Å². The fourth-order valence-electron chi connectivity index (χ4n) is 4.03. The summed E-state index contributed by atoms with van der Waals surface area (Å²) >= 11 is 5.99. The molecule has 1 aliphatic heterocycles. The van der Waals surface area contributed by atoms with Crippen LogP contribution in [0.5, 0.6) is 5.75 Å². The maximum absolute atomic E-state index is 13.2. The monoisotopic (exact) mass is 499 g/mol. The van der Waals surface area contributed by atoms with E-state index in [1.54, 1.807) is 42.1 Å². The SMILES string of the molecule is COc1ccc(S(=O)(=O)N2CCN(c3ncnc4c3nnn4-c3ccc(Cl)cc3)CC2)cc1C. The fraction of sp³-hybridized carbons (Fsp3) is 0.273. The Bertz CT molecular complexity index is 1450. The maximum atomic E-state index is 13.2. The number of rotatable bonds is 5. The number of piperazine rings is 1. The van der Waals surface area contributed by atoms with Crippen LogP contribution >= 0.6 is 11.6 Å². The molecule has 0 unspecified atom stereocenters. The third-order valence-electron chi connectivity index (χ3n) is 5.83. The van der Waals surface area contributed by atoms with Gasteiger partial charge in [-0.25, -0.2) is 18.4 Å². The van der Waals surface area contributed by atoms with Crippen molar-refractivity contribution in [1.82, 2.24) is 29.3 Å². The van der Waals surface area contributed by atoms with Gasteiger partial charge in [0.15, 0.2) is 17.0 Å². The van der Waals surface area contributed by atoms with Crippen LogP contribution in [-0.2, 0) is 10.0 Å². The predicted molar refractivity (Wildman–Crippen MR) is 128 cm³/mol. The summed E-state index contributed by atoms with van der Waals surface area (Å²) in [6, 6.07) is 12.1. The number of nitrogens with zero attached hydrogens (tertiary/aromatic N) is 7. The zero-order valence-electron chi connectivity index (χ0n) is 18.6. The number of aryl methyl sites for hydroxylation is 1. The Kier molecular flexibility index (Phi) is 5.84. The Hall–Kier alpha value is -3.28. The van der Waals surface area contributed by atoms with Crippen molar-refractivity contribution in [3.63, 3.8) is 0 Å². The summed E-state index contributed by atoms with van der Waals surface area (Å²) in [5.41, 5.74) is 2.67. The van der Waals surface area contributed by atoms with E-state index in [0.29, 0.717) is 53.9 Å². The smallest absolute Gasteiger partial charge is 0.243 e. The van der Waals surface area contributed by atoms with E-state index in [-0.39, 0.29) is 4.90 Å². The second kappa shape index (κ2) is 8.82. The summed E-state index contributed by atoms with van der Waals surface area (Å²) in [4.78, 5) is 11.1. The van der Waals surface area contributed by atoms with Crippen molar-refractivity contribution < 1.29 is 13.2 Å². The third kappa shape index (κ3) is 3.95. The Labute approximate surface area is 201 Å². The second-order valence-corrected chi connectivity index (χ2v) is 10.2. The maximum Gasteiger partial charge on any atom is 0.243 e. The number of hydrogen-bond acceptors (Lipinski definition) is 8.